The van der Waals surface area contributed by atoms with Gasteiger partial charge in [-0.25, -0.2) is 0 Å². The third kappa shape index (κ3) is 3.50. The molecule has 0 saturated heterocycles. The van der Waals surface area contributed by atoms with E-state index < -0.39 is 4.92 Å². The largest absolute Gasteiger partial charge is 0.484 e. The number of fused-ring (bicyclic) bond motifs is 2. The fourth-order valence-corrected chi connectivity index (χ4v) is 3.08. The van der Waals surface area contributed by atoms with Crippen molar-refractivity contribution >= 4 is 11.6 Å². The number of nitro groups is 1. The van der Waals surface area contributed by atoms with Crippen molar-refractivity contribution in [1.82, 2.24) is 5.32 Å². The highest BCUT2D eigenvalue weighted by atomic mass is 16.6. The molecule has 3 aromatic carbocycles. The number of amides is 1. The lowest BCUT2D eigenvalue weighted by Crippen LogP contribution is -2.34. The van der Waals surface area contributed by atoms with Crippen LogP contribution in [0.25, 0.3) is 0 Å². The Morgan fingerprint density at radius 1 is 0.964 bits per heavy atom. The second-order valence-electron chi connectivity index (χ2n) is 6.22. The van der Waals surface area contributed by atoms with Gasteiger partial charge in [0.05, 0.1) is 11.0 Å². The molecule has 0 aromatic heterocycles. The van der Waals surface area contributed by atoms with E-state index in [9.17, 15) is 14.9 Å². The molecule has 0 fully saturated rings. The molecule has 1 heterocycles. The lowest BCUT2D eigenvalue weighted by molar-refractivity contribution is -0.384. The van der Waals surface area contributed by atoms with E-state index in [0.717, 1.165) is 11.1 Å². The summed E-state index contributed by atoms with van der Waals surface area (Å²) >= 11 is 0. The molecule has 0 aliphatic carbocycles. The van der Waals surface area contributed by atoms with Crippen molar-refractivity contribution in [2.24, 2.45) is 0 Å². The second kappa shape index (κ2) is 7.40. The fraction of sp³-hybridized carbons (Fsp3) is 0.0952. The zero-order chi connectivity index (χ0) is 19.5. The van der Waals surface area contributed by atoms with Crippen molar-refractivity contribution in [1.29, 1.82) is 0 Å². The molecule has 0 atom stereocenters. The summed E-state index contributed by atoms with van der Waals surface area (Å²) in [6, 6.07) is 20.3. The van der Waals surface area contributed by atoms with Crippen molar-refractivity contribution in [3.05, 3.63) is 94.0 Å². The summed E-state index contributed by atoms with van der Waals surface area (Å²) < 4.78 is 11.4. The van der Waals surface area contributed by atoms with Crippen LogP contribution in [0.15, 0.2) is 72.8 Å². The maximum atomic E-state index is 12.5. The number of rotatable bonds is 5. The maximum Gasteiger partial charge on any atom is 0.269 e. The molecule has 1 amide bonds. The monoisotopic (exact) mass is 376 g/mol. The van der Waals surface area contributed by atoms with Crippen molar-refractivity contribution in [3.63, 3.8) is 0 Å². The summed E-state index contributed by atoms with van der Waals surface area (Å²) in [4.78, 5) is 22.7. The topological polar surface area (TPSA) is 90.7 Å². The number of nitrogens with one attached hydrogen (secondary N) is 1. The van der Waals surface area contributed by atoms with E-state index in [1.165, 1.54) is 24.3 Å². The molecule has 28 heavy (non-hydrogen) atoms. The quantitative estimate of drug-likeness (QED) is 0.537. The van der Waals surface area contributed by atoms with Crippen molar-refractivity contribution in [2.45, 2.75) is 6.04 Å². The summed E-state index contributed by atoms with van der Waals surface area (Å²) in [5.41, 5.74) is 1.70. The fourth-order valence-electron chi connectivity index (χ4n) is 3.08. The Kier molecular flexibility index (Phi) is 4.63. The van der Waals surface area contributed by atoms with Crippen LogP contribution in [0.4, 0.5) is 5.69 Å². The molecule has 0 radical (unpaired) electrons. The summed E-state index contributed by atoms with van der Waals surface area (Å²) in [7, 11) is 0. The van der Waals surface area contributed by atoms with Crippen LogP contribution in [0.2, 0.25) is 0 Å². The van der Waals surface area contributed by atoms with Crippen molar-refractivity contribution in [2.75, 3.05) is 6.61 Å². The summed E-state index contributed by atoms with van der Waals surface area (Å²) in [6.07, 6.45) is 0. The van der Waals surface area contributed by atoms with Crippen LogP contribution < -0.4 is 14.8 Å². The van der Waals surface area contributed by atoms with E-state index in [4.69, 9.17) is 9.47 Å². The molecule has 1 N–H and O–H groups in total. The Labute approximate surface area is 160 Å². The van der Waals surface area contributed by atoms with E-state index in [0.29, 0.717) is 17.2 Å². The molecule has 140 valence electrons. The standard InChI is InChI=1S/C21H16N2O5/c24-20(13-27-15-11-9-14(10-12-15)23(25)26)22-21-16-5-1-3-7-18(16)28-19-8-4-2-6-17(19)21/h1-12,21H,13H2,(H,22,24). The Morgan fingerprint density at radius 3 is 2.11 bits per heavy atom. The number of carbonyl (C=O) groups excluding carboxylic acids is 1. The molecule has 0 unspecified atom stereocenters. The zero-order valence-electron chi connectivity index (χ0n) is 14.7. The van der Waals surface area contributed by atoms with Gasteiger partial charge in [-0.2, -0.15) is 0 Å². The number of carbonyl (C=O) groups is 1. The van der Waals surface area contributed by atoms with Crippen LogP contribution in [0.1, 0.15) is 17.2 Å². The van der Waals surface area contributed by atoms with Gasteiger partial charge < -0.3 is 14.8 Å². The minimum absolute atomic E-state index is 0.0350. The Morgan fingerprint density at radius 2 is 1.54 bits per heavy atom. The predicted molar refractivity (Wildman–Crippen MR) is 102 cm³/mol. The molecule has 7 nitrogen and oxygen atoms in total. The highest BCUT2D eigenvalue weighted by Gasteiger charge is 2.28. The molecular weight excluding hydrogens is 360 g/mol. The number of non-ortho nitro benzene ring substituents is 1. The first-order chi connectivity index (χ1) is 13.6. The molecule has 1 aliphatic heterocycles. The number of hydrogen-bond donors (Lipinski definition) is 1. The third-order valence-electron chi connectivity index (χ3n) is 4.40. The van der Waals surface area contributed by atoms with E-state index in [2.05, 4.69) is 5.32 Å². The van der Waals surface area contributed by atoms with Crippen LogP contribution in [0.3, 0.4) is 0 Å². The summed E-state index contributed by atoms with van der Waals surface area (Å²) in [5.74, 6) is 1.47. The molecule has 7 heteroatoms. The maximum absolute atomic E-state index is 12.5. The molecule has 0 spiro atoms. The number of ether oxygens (including phenoxy) is 2. The first kappa shape index (κ1) is 17.5. The average Bonchev–Trinajstić information content (AvgIpc) is 2.72. The Balaban J connectivity index is 1.48. The molecule has 3 aromatic rings. The van der Waals surface area contributed by atoms with Gasteiger partial charge in [-0.3, -0.25) is 14.9 Å². The van der Waals surface area contributed by atoms with Crippen molar-refractivity contribution in [3.8, 4) is 17.2 Å². The molecule has 1 aliphatic rings. The normalized spacial score (nSPS) is 12.3. The number of nitrogens with zero attached hydrogens (tertiary/aromatic N) is 1. The molecular formula is C21H16N2O5. The van der Waals surface area contributed by atoms with E-state index in [-0.39, 0.29) is 24.2 Å². The second-order valence-corrected chi connectivity index (χ2v) is 6.22. The average molecular weight is 376 g/mol. The first-order valence-electron chi connectivity index (χ1n) is 8.64. The van der Waals surface area contributed by atoms with Gasteiger partial charge >= 0.3 is 0 Å². The van der Waals surface area contributed by atoms with E-state index in [1.54, 1.807) is 0 Å². The number of hydrogen-bond acceptors (Lipinski definition) is 5. The smallest absolute Gasteiger partial charge is 0.269 e. The number of benzene rings is 3. The predicted octanol–water partition coefficient (Wildman–Crippen LogP) is 3.99. The van der Waals surface area contributed by atoms with Gasteiger partial charge in [0.25, 0.3) is 11.6 Å². The van der Waals surface area contributed by atoms with Crippen LogP contribution in [0, 0.1) is 10.1 Å². The Hall–Kier alpha value is -3.87. The van der Waals surface area contributed by atoms with E-state index >= 15 is 0 Å². The lowest BCUT2D eigenvalue weighted by atomic mass is 9.94. The molecule has 0 bridgehead atoms. The highest BCUT2D eigenvalue weighted by molar-refractivity contribution is 5.79. The highest BCUT2D eigenvalue weighted by Crippen LogP contribution is 2.42. The Bertz CT molecular complexity index is 987. The SMILES string of the molecule is O=C(COc1ccc([N+](=O)[O-])cc1)NC1c2ccccc2Oc2ccccc21. The van der Waals surface area contributed by atoms with E-state index in [1.807, 2.05) is 48.5 Å². The van der Waals surface area contributed by atoms with Gasteiger partial charge in [0, 0.05) is 23.3 Å². The van der Waals surface area contributed by atoms with Gasteiger partial charge in [-0.05, 0) is 24.3 Å². The third-order valence-corrected chi connectivity index (χ3v) is 4.40. The number of para-hydroxylation sites is 2. The van der Waals surface area contributed by atoms with Crippen molar-refractivity contribution < 1.29 is 19.2 Å². The minimum atomic E-state index is -0.490. The minimum Gasteiger partial charge on any atom is -0.484 e. The van der Waals surface area contributed by atoms with Crippen LogP contribution in [-0.2, 0) is 4.79 Å². The first-order valence-corrected chi connectivity index (χ1v) is 8.64. The van der Waals surface area contributed by atoms with Gasteiger partial charge in [0.2, 0.25) is 0 Å². The molecule has 0 saturated carbocycles. The van der Waals surface area contributed by atoms with Gasteiger partial charge in [0.15, 0.2) is 6.61 Å². The lowest BCUT2D eigenvalue weighted by Gasteiger charge is -2.28. The summed E-state index contributed by atoms with van der Waals surface area (Å²) in [6.45, 7) is -0.209. The van der Waals surface area contributed by atoms with Crippen LogP contribution >= 0.6 is 0 Å². The molecule has 4 rings (SSSR count). The summed E-state index contributed by atoms with van der Waals surface area (Å²) in [5, 5.41) is 13.7. The van der Waals surface area contributed by atoms with Gasteiger partial charge in [-0.1, -0.05) is 36.4 Å². The van der Waals surface area contributed by atoms with Gasteiger partial charge in [-0.15, -0.1) is 0 Å². The van der Waals surface area contributed by atoms with Crippen LogP contribution in [-0.4, -0.2) is 17.4 Å². The number of nitro benzene ring substituents is 1. The van der Waals surface area contributed by atoms with Crippen LogP contribution in [0.5, 0.6) is 17.2 Å². The van der Waals surface area contributed by atoms with Gasteiger partial charge in [0.1, 0.15) is 17.2 Å². The zero-order valence-corrected chi connectivity index (χ0v) is 14.7.